The maximum Gasteiger partial charge on any atom is 0.164 e. The van der Waals surface area contributed by atoms with Gasteiger partial charge in [0, 0.05) is 27.4 Å². The van der Waals surface area contributed by atoms with E-state index in [2.05, 4.69) is 158 Å². The van der Waals surface area contributed by atoms with Gasteiger partial charge in [-0.1, -0.05) is 195 Å². The van der Waals surface area contributed by atoms with Crippen molar-refractivity contribution in [1.82, 2.24) is 15.0 Å². The Kier molecular flexibility index (Phi) is 9.82. The molecular formula is C55H46N3OP. The van der Waals surface area contributed by atoms with Crippen LogP contribution in [-0.2, 0) is 9.98 Å². The van der Waals surface area contributed by atoms with Gasteiger partial charge in [0.2, 0.25) is 0 Å². The van der Waals surface area contributed by atoms with E-state index in [9.17, 15) is 4.57 Å². The molecule has 4 nitrogen and oxygen atoms in total. The SMILES string of the molecule is CP(C)(=O)c1c2ccccc2c(-c2ccc(C3(c4ccc(-c5nc(-c6ccccc6)nc(-c6cccc(-c7ccccc7)c6)n5)cc4)CCCCC3)cc2)c2ccccc12. The lowest BCUT2D eigenvalue weighted by Gasteiger charge is -2.39. The van der Waals surface area contributed by atoms with Gasteiger partial charge in [-0.3, -0.25) is 0 Å². The van der Waals surface area contributed by atoms with Gasteiger partial charge in [-0.15, -0.1) is 0 Å². The lowest BCUT2D eigenvalue weighted by molar-refractivity contribution is 0.346. The first-order chi connectivity index (χ1) is 29.4. The fraction of sp³-hybridized carbons (Fsp3) is 0.145. The van der Waals surface area contributed by atoms with Crippen molar-refractivity contribution in [1.29, 1.82) is 0 Å². The maximum absolute atomic E-state index is 13.8. The average molecular weight is 796 g/mol. The highest BCUT2D eigenvalue weighted by Gasteiger charge is 2.36. The number of fused-ring (bicyclic) bond motifs is 2. The standard InChI is InChI=1S/C55H46N3OP/c1-60(2,59)51-48-25-12-10-23-46(48)50(47-24-11-13-26-49(47)51)39-27-31-44(32-28-39)55(35-14-5-15-36-55)45-33-29-41(30-34-45)53-56-52(40-19-8-4-9-20-40)57-54(58-53)43-22-16-21-42(37-43)38-17-6-3-7-18-38/h3-4,6-13,16-34,37H,5,14-15,35-36H2,1-2H3. The van der Waals surface area contributed by atoms with Gasteiger partial charge in [-0.25, -0.2) is 15.0 Å². The summed E-state index contributed by atoms with van der Waals surface area (Å²) in [7, 11) is -2.57. The van der Waals surface area contributed by atoms with Crippen molar-refractivity contribution >= 4 is 34.0 Å². The number of hydrogen-bond donors (Lipinski definition) is 0. The number of benzene rings is 8. The number of nitrogens with zero attached hydrogens (tertiary/aromatic N) is 3. The predicted molar refractivity (Wildman–Crippen MR) is 251 cm³/mol. The summed E-state index contributed by atoms with van der Waals surface area (Å²) < 4.78 is 13.8. The van der Waals surface area contributed by atoms with Crippen LogP contribution in [0.15, 0.2) is 182 Å². The Bertz CT molecular complexity index is 2980. The molecule has 1 aliphatic carbocycles. The van der Waals surface area contributed by atoms with E-state index in [1.807, 2.05) is 37.6 Å². The molecule has 1 heterocycles. The van der Waals surface area contributed by atoms with Crippen molar-refractivity contribution < 1.29 is 4.57 Å². The molecule has 1 aromatic heterocycles. The summed E-state index contributed by atoms with van der Waals surface area (Å²) in [6, 6.07) is 64.4. The molecule has 1 saturated carbocycles. The summed E-state index contributed by atoms with van der Waals surface area (Å²) in [5.74, 6) is 1.96. The molecule has 0 atom stereocenters. The van der Waals surface area contributed by atoms with Crippen LogP contribution in [0.4, 0.5) is 0 Å². The minimum absolute atomic E-state index is 0.0995. The fourth-order valence-electron chi connectivity index (χ4n) is 9.61. The molecule has 0 spiro atoms. The Morgan fingerprint density at radius 3 is 1.35 bits per heavy atom. The monoisotopic (exact) mass is 795 g/mol. The van der Waals surface area contributed by atoms with Gasteiger partial charge >= 0.3 is 0 Å². The topological polar surface area (TPSA) is 55.7 Å². The summed E-state index contributed by atoms with van der Waals surface area (Å²) in [5, 5.41) is 5.42. The van der Waals surface area contributed by atoms with E-state index in [4.69, 9.17) is 15.0 Å². The highest BCUT2D eigenvalue weighted by atomic mass is 31.2. The molecule has 60 heavy (non-hydrogen) atoms. The molecule has 0 saturated heterocycles. The van der Waals surface area contributed by atoms with Crippen LogP contribution in [0.5, 0.6) is 0 Å². The maximum atomic E-state index is 13.8. The first-order valence-electron chi connectivity index (χ1n) is 21.0. The Labute approximate surface area is 352 Å². The Balaban J connectivity index is 1.04. The molecule has 0 radical (unpaired) electrons. The highest BCUT2D eigenvalue weighted by Crippen LogP contribution is 2.48. The zero-order valence-corrected chi connectivity index (χ0v) is 34.9. The van der Waals surface area contributed by atoms with Crippen molar-refractivity contribution in [3.63, 3.8) is 0 Å². The average Bonchev–Trinajstić information content (AvgIpc) is 3.31. The van der Waals surface area contributed by atoms with Crippen LogP contribution in [0.2, 0.25) is 0 Å². The van der Waals surface area contributed by atoms with Crippen LogP contribution in [-0.4, -0.2) is 28.3 Å². The number of rotatable bonds is 8. The van der Waals surface area contributed by atoms with E-state index >= 15 is 0 Å². The molecule has 0 bridgehead atoms. The second-order valence-electron chi connectivity index (χ2n) is 16.6. The Morgan fingerprint density at radius 2 is 0.817 bits per heavy atom. The predicted octanol–water partition coefficient (Wildman–Crippen LogP) is 14.0. The van der Waals surface area contributed by atoms with Crippen molar-refractivity contribution in [2.45, 2.75) is 37.5 Å². The zero-order chi connectivity index (χ0) is 40.7. The number of hydrogen-bond acceptors (Lipinski definition) is 4. The van der Waals surface area contributed by atoms with Gasteiger partial charge in [0.1, 0.15) is 7.14 Å². The zero-order valence-electron chi connectivity index (χ0n) is 34.1. The van der Waals surface area contributed by atoms with Gasteiger partial charge in [0.05, 0.1) is 0 Å². The first kappa shape index (κ1) is 37.8. The van der Waals surface area contributed by atoms with Gasteiger partial charge in [0.15, 0.2) is 17.5 Å². The molecule has 0 aliphatic heterocycles. The molecule has 1 aliphatic rings. The summed E-state index contributed by atoms with van der Waals surface area (Å²) in [6.45, 7) is 3.78. The lowest BCUT2D eigenvalue weighted by Crippen LogP contribution is -2.30. The first-order valence-corrected chi connectivity index (χ1v) is 23.6. The third-order valence-electron chi connectivity index (χ3n) is 12.5. The normalized spacial score (nSPS) is 14.0. The van der Waals surface area contributed by atoms with E-state index in [1.54, 1.807) is 0 Å². The number of aromatic nitrogens is 3. The van der Waals surface area contributed by atoms with Gasteiger partial charge in [0.25, 0.3) is 0 Å². The molecule has 8 aromatic carbocycles. The van der Waals surface area contributed by atoms with Gasteiger partial charge in [-0.2, -0.15) is 0 Å². The molecule has 0 N–H and O–H groups in total. The van der Waals surface area contributed by atoms with E-state index in [0.717, 1.165) is 67.5 Å². The quantitative estimate of drug-likeness (QED) is 0.114. The van der Waals surface area contributed by atoms with Crippen molar-refractivity contribution in [2.75, 3.05) is 13.3 Å². The third kappa shape index (κ3) is 6.95. The van der Waals surface area contributed by atoms with Crippen LogP contribution in [0.3, 0.4) is 0 Å². The van der Waals surface area contributed by atoms with Crippen LogP contribution in [0.1, 0.15) is 43.2 Å². The summed E-state index contributed by atoms with van der Waals surface area (Å²) >= 11 is 0. The smallest absolute Gasteiger partial charge is 0.164 e. The van der Waals surface area contributed by atoms with Crippen LogP contribution in [0, 0.1) is 0 Å². The molecule has 10 rings (SSSR count). The second kappa shape index (κ2) is 15.6. The summed E-state index contributed by atoms with van der Waals surface area (Å²) in [5.41, 5.74) is 10.1. The van der Waals surface area contributed by atoms with Crippen molar-refractivity contribution in [3.8, 4) is 56.4 Å². The summed E-state index contributed by atoms with van der Waals surface area (Å²) in [4.78, 5) is 15.2. The highest BCUT2D eigenvalue weighted by molar-refractivity contribution is 7.71. The van der Waals surface area contributed by atoms with Crippen LogP contribution in [0.25, 0.3) is 78.0 Å². The van der Waals surface area contributed by atoms with Crippen molar-refractivity contribution in [2.24, 2.45) is 0 Å². The molecule has 5 heteroatoms. The van der Waals surface area contributed by atoms with Gasteiger partial charge < -0.3 is 4.57 Å². The largest absolute Gasteiger partial charge is 0.319 e. The minimum Gasteiger partial charge on any atom is -0.319 e. The molecule has 292 valence electrons. The molecule has 0 unspecified atom stereocenters. The lowest BCUT2D eigenvalue weighted by atomic mass is 9.65. The Hall–Kier alpha value is -6.48. The van der Waals surface area contributed by atoms with Crippen LogP contribution < -0.4 is 5.30 Å². The van der Waals surface area contributed by atoms with E-state index < -0.39 is 7.14 Å². The Morgan fingerprint density at radius 1 is 0.400 bits per heavy atom. The van der Waals surface area contributed by atoms with Gasteiger partial charge in [-0.05, 0) is 87.2 Å². The second-order valence-corrected chi connectivity index (χ2v) is 19.7. The minimum atomic E-state index is -2.57. The molecule has 1 fully saturated rings. The molecule has 9 aromatic rings. The summed E-state index contributed by atoms with van der Waals surface area (Å²) in [6.07, 6.45) is 5.82. The molecule has 0 amide bonds. The van der Waals surface area contributed by atoms with Crippen LogP contribution >= 0.6 is 7.14 Å². The van der Waals surface area contributed by atoms with Crippen molar-refractivity contribution in [3.05, 3.63) is 193 Å². The molecular weight excluding hydrogens is 750 g/mol. The van der Waals surface area contributed by atoms with E-state index in [1.165, 1.54) is 41.5 Å². The third-order valence-corrected chi connectivity index (χ3v) is 14.0. The van der Waals surface area contributed by atoms with E-state index in [-0.39, 0.29) is 5.41 Å². The fourth-order valence-corrected chi connectivity index (χ4v) is 11.2. The van der Waals surface area contributed by atoms with E-state index in [0.29, 0.717) is 17.5 Å².